The number of ether oxygens (including phenoxy) is 2. The molecule has 0 amide bonds. The molecule has 0 bridgehead atoms. The summed E-state index contributed by atoms with van der Waals surface area (Å²) in [5, 5.41) is 3.66. The first kappa shape index (κ1) is 22.5. The molecule has 3 aromatic carbocycles. The predicted molar refractivity (Wildman–Crippen MR) is 136 cm³/mol. The van der Waals surface area contributed by atoms with Gasteiger partial charge < -0.3 is 14.4 Å². The summed E-state index contributed by atoms with van der Waals surface area (Å²) in [5.41, 5.74) is 5.11. The highest BCUT2D eigenvalue weighted by Gasteiger charge is 2.35. The van der Waals surface area contributed by atoms with Crippen molar-refractivity contribution in [2.75, 3.05) is 13.7 Å². The van der Waals surface area contributed by atoms with E-state index in [-0.39, 0.29) is 18.2 Å². The molecule has 3 unspecified atom stereocenters. The number of rotatable bonds is 8. The Bertz CT molecular complexity index is 1070. The van der Waals surface area contributed by atoms with Crippen molar-refractivity contribution in [3.63, 3.8) is 0 Å². The lowest BCUT2D eigenvalue weighted by molar-refractivity contribution is -0.0360. The zero-order valence-electron chi connectivity index (χ0n) is 19.6. The van der Waals surface area contributed by atoms with Crippen molar-refractivity contribution in [2.45, 2.75) is 31.8 Å². The van der Waals surface area contributed by atoms with Gasteiger partial charge >= 0.3 is 0 Å². The Morgan fingerprint density at radius 3 is 1.94 bits per heavy atom. The number of benzene rings is 3. The monoisotopic (exact) mass is 452 g/mol. The van der Waals surface area contributed by atoms with Crippen LogP contribution in [0.2, 0.25) is 0 Å². The van der Waals surface area contributed by atoms with E-state index in [0.717, 1.165) is 25.3 Å². The second-order valence-corrected chi connectivity index (χ2v) is 9.00. The molecule has 4 nitrogen and oxygen atoms in total. The van der Waals surface area contributed by atoms with Crippen molar-refractivity contribution in [3.8, 4) is 0 Å². The van der Waals surface area contributed by atoms with Gasteiger partial charge in [-0.1, -0.05) is 97.1 Å². The molecule has 0 spiro atoms. The first-order valence-electron chi connectivity index (χ1n) is 12.0. The summed E-state index contributed by atoms with van der Waals surface area (Å²) in [4.78, 5) is 2.46. The highest BCUT2D eigenvalue weighted by Crippen LogP contribution is 2.32. The fourth-order valence-corrected chi connectivity index (χ4v) is 4.81. The van der Waals surface area contributed by atoms with E-state index in [2.05, 4.69) is 113 Å². The van der Waals surface area contributed by atoms with Crippen molar-refractivity contribution >= 4 is 0 Å². The molecule has 1 aliphatic carbocycles. The average molecular weight is 453 g/mol. The van der Waals surface area contributed by atoms with Crippen LogP contribution in [-0.2, 0) is 29.0 Å². The third-order valence-corrected chi connectivity index (χ3v) is 6.57. The van der Waals surface area contributed by atoms with Gasteiger partial charge in [0.05, 0.1) is 6.04 Å². The average Bonchev–Trinajstić information content (AvgIpc) is 2.90. The lowest BCUT2D eigenvalue weighted by Gasteiger charge is -2.40. The molecule has 3 atom stereocenters. The molecule has 5 rings (SSSR count). The summed E-state index contributed by atoms with van der Waals surface area (Å²) in [6, 6.07) is 32.1. The fourth-order valence-electron chi connectivity index (χ4n) is 4.81. The van der Waals surface area contributed by atoms with Gasteiger partial charge in [0.25, 0.3) is 0 Å². The molecule has 3 aromatic rings. The van der Waals surface area contributed by atoms with E-state index < -0.39 is 0 Å². The van der Waals surface area contributed by atoms with Crippen LogP contribution < -0.4 is 5.32 Å². The van der Waals surface area contributed by atoms with Gasteiger partial charge in [-0.2, -0.15) is 0 Å². The van der Waals surface area contributed by atoms with Crippen LogP contribution in [-0.4, -0.2) is 30.9 Å². The molecular weight excluding hydrogens is 420 g/mol. The molecule has 174 valence electrons. The Morgan fingerprint density at radius 2 is 1.38 bits per heavy atom. The summed E-state index contributed by atoms with van der Waals surface area (Å²) in [7, 11) is 1.73. The van der Waals surface area contributed by atoms with E-state index in [9.17, 15) is 0 Å². The Morgan fingerprint density at radius 1 is 0.824 bits per heavy atom. The van der Waals surface area contributed by atoms with Gasteiger partial charge in [0.15, 0.2) is 0 Å². The summed E-state index contributed by atoms with van der Waals surface area (Å²) >= 11 is 0. The maximum absolute atomic E-state index is 6.24. The van der Waals surface area contributed by atoms with Gasteiger partial charge in [0, 0.05) is 37.9 Å². The molecule has 1 aliphatic heterocycles. The van der Waals surface area contributed by atoms with E-state index in [4.69, 9.17) is 9.47 Å². The SMILES string of the molecule is COC1COC2=CC(N(Cc3ccccc3)Cc3ccccc3)=CC(Cc3ccccc3)C2N1. The minimum absolute atomic E-state index is 0.0953. The van der Waals surface area contributed by atoms with Gasteiger partial charge in [-0.3, -0.25) is 5.32 Å². The molecular formula is C30H32N2O2. The quantitative estimate of drug-likeness (QED) is 0.504. The highest BCUT2D eigenvalue weighted by atomic mass is 16.5. The van der Waals surface area contributed by atoms with Crippen LogP contribution in [0.1, 0.15) is 16.7 Å². The van der Waals surface area contributed by atoms with Crippen LogP contribution in [0.3, 0.4) is 0 Å². The van der Waals surface area contributed by atoms with Gasteiger partial charge in [-0.15, -0.1) is 0 Å². The number of fused-ring (bicyclic) bond motifs is 1. The lowest BCUT2D eigenvalue weighted by Crippen LogP contribution is -2.53. The number of hydrogen-bond donors (Lipinski definition) is 1. The number of methoxy groups -OCH3 is 1. The van der Waals surface area contributed by atoms with Crippen molar-refractivity contribution in [1.29, 1.82) is 0 Å². The first-order chi connectivity index (χ1) is 16.8. The molecule has 1 saturated heterocycles. The molecule has 0 saturated carbocycles. The number of hydrogen-bond acceptors (Lipinski definition) is 4. The van der Waals surface area contributed by atoms with E-state index in [1.807, 2.05) is 0 Å². The Kier molecular flexibility index (Phi) is 7.08. The molecule has 2 aliphatic rings. The lowest BCUT2D eigenvalue weighted by atomic mass is 9.85. The summed E-state index contributed by atoms with van der Waals surface area (Å²) < 4.78 is 11.8. The minimum atomic E-state index is -0.0971. The fraction of sp³-hybridized carbons (Fsp3) is 0.267. The maximum Gasteiger partial charge on any atom is 0.142 e. The van der Waals surface area contributed by atoms with Crippen molar-refractivity contribution in [2.24, 2.45) is 5.92 Å². The Balaban J connectivity index is 1.48. The Hall–Kier alpha value is -3.34. The van der Waals surface area contributed by atoms with E-state index in [1.54, 1.807) is 7.11 Å². The second-order valence-electron chi connectivity index (χ2n) is 9.00. The van der Waals surface area contributed by atoms with Crippen molar-refractivity contribution in [1.82, 2.24) is 10.2 Å². The molecule has 4 heteroatoms. The molecule has 0 aromatic heterocycles. The summed E-state index contributed by atoms with van der Waals surface area (Å²) in [6.45, 7) is 2.19. The number of morpholine rings is 1. The topological polar surface area (TPSA) is 33.7 Å². The highest BCUT2D eigenvalue weighted by molar-refractivity contribution is 5.34. The van der Waals surface area contributed by atoms with Crippen LogP contribution in [0.25, 0.3) is 0 Å². The second kappa shape index (κ2) is 10.7. The summed E-state index contributed by atoms with van der Waals surface area (Å²) in [6.07, 6.45) is 5.47. The van der Waals surface area contributed by atoms with Gasteiger partial charge in [0.2, 0.25) is 0 Å². The maximum atomic E-state index is 6.24. The van der Waals surface area contributed by atoms with Crippen molar-refractivity contribution in [3.05, 3.63) is 131 Å². The van der Waals surface area contributed by atoms with E-state index in [1.165, 1.54) is 22.4 Å². The number of nitrogens with zero attached hydrogens (tertiary/aromatic N) is 1. The summed E-state index contributed by atoms with van der Waals surface area (Å²) in [5.74, 6) is 1.25. The zero-order valence-corrected chi connectivity index (χ0v) is 19.6. The third-order valence-electron chi connectivity index (χ3n) is 6.57. The van der Waals surface area contributed by atoms with Crippen LogP contribution in [0, 0.1) is 5.92 Å². The third kappa shape index (κ3) is 5.41. The smallest absolute Gasteiger partial charge is 0.142 e. The Labute approximate surface area is 202 Å². The first-order valence-corrected chi connectivity index (χ1v) is 12.0. The zero-order chi connectivity index (χ0) is 23.2. The van der Waals surface area contributed by atoms with Crippen LogP contribution in [0.15, 0.2) is 115 Å². The van der Waals surface area contributed by atoms with Crippen LogP contribution in [0.4, 0.5) is 0 Å². The predicted octanol–water partition coefficient (Wildman–Crippen LogP) is 5.29. The minimum Gasteiger partial charge on any atom is -0.492 e. The molecule has 1 heterocycles. The normalized spacial score (nSPS) is 21.6. The number of allylic oxidation sites excluding steroid dienone is 1. The van der Waals surface area contributed by atoms with Crippen LogP contribution in [0.5, 0.6) is 0 Å². The van der Waals surface area contributed by atoms with Gasteiger partial charge in [-0.25, -0.2) is 0 Å². The largest absolute Gasteiger partial charge is 0.492 e. The molecule has 34 heavy (non-hydrogen) atoms. The van der Waals surface area contributed by atoms with Crippen molar-refractivity contribution < 1.29 is 9.47 Å². The van der Waals surface area contributed by atoms with Gasteiger partial charge in [-0.05, 0) is 23.1 Å². The van der Waals surface area contributed by atoms with Crippen LogP contribution >= 0.6 is 0 Å². The van der Waals surface area contributed by atoms with E-state index in [0.29, 0.717) is 6.61 Å². The standard InChI is InChI=1S/C30H32N2O2/c1-33-29-22-34-28-19-27(18-26(30(28)31-29)17-23-11-5-2-6-12-23)32(20-24-13-7-3-8-14-24)21-25-15-9-4-10-16-25/h2-16,18-19,26,29-31H,17,20-22H2,1H3. The van der Waals surface area contributed by atoms with E-state index >= 15 is 0 Å². The molecule has 1 fully saturated rings. The molecule has 0 radical (unpaired) electrons. The van der Waals surface area contributed by atoms with Gasteiger partial charge in [0.1, 0.15) is 18.6 Å². The number of nitrogens with one attached hydrogen (secondary N) is 1. The molecule has 1 N–H and O–H groups in total.